The second kappa shape index (κ2) is 10.6. The highest BCUT2D eigenvalue weighted by molar-refractivity contribution is 8.01. The molecule has 3 heterocycles. The number of aromatic nitrogens is 2. The fraction of sp³-hybridized carbons (Fsp3) is 0.458. The van der Waals surface area contributed by atoms with Gasteiger partial charge < -0.3 is 9.84 Å². The molecule has 0 amide bonds. The zero-order valence-corrected chi connectivity index (χ0v) is 21.2. The summed E-state index contributed by atoms with van der Waals surface area (Å²) in [5.74, 6) is 0.0710. The van der Waals surface area contributed by atoms with E-state index in [0.29, 0.717) is 30.7 Å². The van der Waals surface area contributed by atoms with Crippen molar-refractivity contribution < 1.29 is 14.6 Å². The van der Waals surface area contributed by atoms with E-state index in [1.165, 1.54) is 0 Å². The average Bonchev–Trinajstić information content (AvgIpc) is 3.33. The molecule has 4 rings (SSSR count). The molecule has 1 N–H and O–H groups in total. The van der Waals surface area contributed by atoms with Gasteiger partial charge in [0.05, 0.1) is 28.4 Å². The predicted molar refractivity (Wildman–Crippen MR) is 135 cm³/mol. The van der Waals surface area contributed by atoms with E-state index in [9.17, 15) is 9.90 Å². The Hall–Kier alpha value is -1.87. The van der Waals surface area contributed by atoms with E-state index >= 15 is 0 Å². The van der Waals surface area contributed by atoms with Crippen molar-refractivity contribution in [3.63, 3.8) is 0 Å². The average molecular weight is 506 g/mol. The summed E-state index contributed by atoms with van der Waals surface area (Å²) < 4.78 is 6.42. The summed E-state index contributed by atoms with van der Waals surface area (Å²) in [6, 6.07) is 5.76. The topological polar surface area (TPSA) is 75.6 Å². The van der Waals surface area contributed by atoms with Crippen molar-refractivity contribution in [2.45, 2.75) is 48.7 Å². The molecule has 33 heavy (non-hydrogen) atoms. The Morgan fingerprint density at radius 3 is 2.82 bits per heavy atom. The van der Waals surface area contributed by atoms with E-state index in [0.717, 1.165) is 46.1 Å². The lowest BCUT2D eigenvalue weighted by Crippen LogP contribution is -2.46. The number of benzene rings is 1. The lowest BCUT2D eigenvalue weighted by molar-refractivity contribution is -0.152. The van der Waals surface area contributed by atoms with Crippen LogP contribution in [0.1, 0.15) is 38.2 Å². The summed E-state index contributed by atoms with van der Waals surface area (Å²) in [5, 5.41) is 14.0. The third-order valence-electron chi connectivity index (χ3n) is 6.62. The monoisotopic (exact) mass is 505 g/mol. The number of carboxylic acids is 1. The Kier molecular flexibility index (Phi) is 7.79. The van der Waals surface area contributed by atoms with Gasteiger partial charge in [0.1, 0.15) is 5.75 Å². The van der Waals surface area contributed by atoms with Gasteiger partial charge in [-0.2, -0.15) is 0 Å². The molecule has 0 aliphatic carbocycles. The van der Waals surface area contributed by atoms with Crippen LogP contribution in [0.2, 0.25) is 5.02 Å². The van der Waals surface area contributed by atoms with Crippen LogP contribution in [0, 0.1) is 5.41 Å². The number of halogens is 1. The number of thioether (sulfide) groups is 1. The maximum Gasteiger partial charge on any atom is 0.309 e. The minimum absolute atomic E-state index is 0.278. The standard InChI is InChI=1S/C24H28ClN3O3S2/c1-16(33-23-26-10-13-32-23)28-11-8-24(9-12-28,22(29)30)7-3-4-18-19-14-17(31-2)5-6-21(19)27-15-20(18)25/h5-6,10,13-16H,3-4,7-9,11-12H2,1-2H3,(H,29,30). The van der Waals surface area contributed by atoms with Gasteiger partial charge in [-0.1, -0.05) is 23.4 Å². The first-order valence-electron chi connectivity index (χ1n) is 11.1. The lowest BCUT2D eigenvalue weighted by Gasteiger charge is -2.41. The van der Waals surface area contributed by atoms with Gasteiger partial charge in [-0.3, -0.25) is 14.7 Å². The van der Waals surface area contributed by atoms with Crippen molar-refractivity contribution in [2.75, 3.05) is 20.2 Å². The van der Waals surface area contributed by atoms with Gasteiger partial charge in [-0.15, -0.1) is 11.3 Å². The first kappa shape index (κ1) is 24.3. The molecule has 1 aliphatic rings. The fourth-order valence-corrected chi connectivity index (χ4v) is 6.75. The molecule has 1 saturated heterocycles. The number of methoxy groups -OCH3 is 1. The quantitative estimate of drug-likeness (QED) is 0.358. The molecule has 9 heteroatoms. The van der Waals surface area contributed by atoms with Crippen molar-refractivity contribution in [3.8, 4) is 5.75 Å². The summed E-state index contributed by atoms with van der Waals surface area (Å²) in [4.78, 5) is 23.5. The molecular formula is C24H28ClN3O3S2. The van der Waals surface area contributed by atoms with Crippen LogP contribution in [0.15, 0.2) is 40.3 Å². The largest absolute Gasteiger partial charge is 0.497 e. The van der Waals surface area contributed by atoms with Gasteiger partial charge in [-0.25, -0.2) is 4.98 Å². The number of fused-ring (bicyclic) bond motifs is 1. The van der Waals surface area contributed by atoms with Gasteiger partial charge in [-0.05, 0) is 62.8 Å². The Labute approximate surface area is 207 Å². The number of hydrogen-bond donors (Lipinski definition) is 1. The Morgan fingerprint density at radius 1 is 1.36 bits per heavy atom. The first-order chi connectivity index (χ1) is 15.9. The summed E-state index contributed by atoms with van der Waals surface area (Å²) >= 11 is 9.88. The second-order valence-corrected chi connectivity index (χ2v) is 11.3. The van der Waals surface area contributed by atoms with E-state index in [-0.39, 0.29) is 5.37 Å². The molecule has 3 aromatic rings. The van der Waals surface area contributed by atoms with Crippen molar-refractivity contribution in [1.29, 1.82) is 0 Å². The van der Waals surface area contributed by atoms with Crippen LogP contribution in [0.5, 0.6) is 5.75 Å². The van der Waals surface area contributed by atoms with Gasteiger partial charge >= 0.3 is 5.97 Å². The molecule has 1 fully saturated rings. The van der Waals surface area contributed by atoms with E-state index in [1.807, 2.05) is 29.8 Å². The molecule has 0 saturated carbocycles. The molecule has 1 aromatic carbocycles. The van der Waals surface area contributed by atoms with Crippen LogP contribution in [0.25, 0.3) is 10.9 Å². The van der Waals surface area contributed by atoms with Crippen LogP contribution < -0.4 is 4.74 Å². The summed E-state index contributed by atoms with van der Waals surface area (Å²) in [6.07, 6.45) is 6.91. The highest BCUT2D eigenvalue weighted by atomic mass is 35.5. The van der Waals surface area contributed by atoms with E-state index in [1.54, 1.807) is 36.4 Å². The highest BCUT2D eigenvalue weighted by Crippen LogP contribution is 2.40. The Morgan fingerprint density at radius 2 is 2.15 bits per heavy atom. The van der Waals surface area contributed by atoms with Crippen LogP contribution in [-0.4, -0.2) is 51.5 Å². The molecule has 1 atom stereocenters. The molecule has 1 unspecified atom stereocenters. The fourth-order valence-electron chi connectivity index (χ4n) is 4.56. The van der Waals surface area contributed by atoms with Crippen LogP contribution in [0.4, 0.5) is 0 Å². The number of nitrogens with zero attached hydrogens (tertiary/aromatic N) is 3. The molecule has 1 aliphatic heterocycles. The number of thiazole rings is 1. The lowest BCUT2D eigenvalue weighted by atomic mass is 9.74. The number of likely N-dealkylation sites (tertiary alicyclic amines) is 1. The molecule has 2 aromatic heterocycles. The number of hydrogen-bond acceptors (Lipinski definition) is 7. The molecule has 6 nitrogen and oxygen atoms in total. The van der Waals surface area contributed by atoms with E-state index < -0.39 is 11.4 Å². The second-order valence-electron chi connectivity index (χ2n) is 8.46. The van der Waals surface area contributed by atoms with Gasteiger partial charge in [0.25, 0.3) is 0 Å². The third kappa shape index (κ3) is 5.45. The maximum absolute atomic E-state index is 12.3. The minimum atomic E-state index is -0.685. The SMILES string of the molecule is COc1ccc2ncc(Cl)c(CCCC3(C(=O)O)CCN(C(C)Sc4nccs4)CC3)c2c1. The summed E-state index contributed by atoms with van der Waals surface area (Å²) in [5.41, 5.74) is 1.19. The van der Waals surface area contributed by atoms with Gasteiger partial charge in [0.2, 0.25) is 0 Å². The van der Waals surface area contributed by atoms with Crippen molar-refractivity contribution in [1.82, 2.24) is 14.9 Å². The summed E-state index contributed by atoms with van der Waals surface area (Å²) in [7, 11) is 1.64. The smallest absolute Gasteiger partial charge is 0.309 e. The van der Waals surface area contributed by atoms with Crippen molar-refractivity contribution >= 4 is 51.6 Å². The minimum Gasteiger partial charge on any atom is -0.497 e. The molecule has 176 valence electrons. The third-order valence-corrected chi connectivity index (χ3v) is 9.03. The van der Waals surface area contributed by atoms with Gasteiger partial charge in [0, 0.05) is 36.2 Å². The zero-order valence-electron chi connectivity index (χ0n) is 18.8. The van der Waals surface area contributed by atoms with Crippen LogP contribution >= 0.6 is 34.7 Å². The number of aliphatic carboxylic acids is 1. The number of pyridine rings is 1. The Balaban J connectivity index is 1.41. The summed E-state index contributed by atoms with van der Waals surface area (Å²) in [6.45, 7) is 3.73. The highest BCUT2D eigenvalue weighted by Gasteiger charge is 2.41. The van der Waals surface area contributed by atoms with Crippen molar-refractivity contribution in [3.05, 3.63) is 46.6 Å². The normalized spacial score (nSPS) is 17.2. The molecular weight excluding hydrogens is 478 g/mol. The van der Waals surface area contributed by atoms with Crippen molar-refractivity contribution in [2.24, 2.45) is 5.41 Å². The van der Waals surface area contributed by atoms with Crippen LogP contribution in [-0.2, 0) is 11.2 Å². The number of piperidine rings is 1. The molecule has 0 radical (unpaired) electrons. The number of carboxylic acid groups (broad SMARTS) is 1. The molecule has 0 spiro atoms. The number of ether oxygens (including phenoxy) is 1. The van der Waals surface area contributed by atoms with E-state index in [2.05, 4.69) is 21.8 Å². The van der Waals surface area contributed by atoms with Crippen LogP contribution in [0.3, 0.4) is 0 Å². The number of carbonyl (C=O) groups is 1. The predicted octanol–water partition coefficient (Wildman–Crippen LogP) is 5.98. The first-order valence-corrected chi connectivity index (χ1v) is 13.2. The van der Waals surface area contributed by atoms with E-state index in [4.69, 9.17) is 16.3 Å². The maximum atomic E-state index is 12.3. The zero-order chi connectivity index (χ0) is 23.4. The molecule has 0 bridgehead atoms. The number of rotatable bonds is 9. The Bertz CT molecular complexity index is 1100. The van der Waals surface area contributed by atoms with Gasteiger partial charge in [0.15, 0.2) is 4.34 Å². The number of aryl methyl sites for hydroxylation is 1.